The molecule has 2 rings (SSSR count). The summed E-state index contributed by atoms with van der Waals surface area (Å²) in [5.74, 6) is -0.713. The highest BCUT2D eigenvalue weighted by atomic mass is 79.9. The van der Waals surface area contributed by atoms with Gasteiger partial charge in [0.25, 0.3) is 5.91 Å². The Balaban J connectivity index is 0.00000200. The van der Waals surface area contributed by atoms with E-state index in [1.807, 2.05) is 0 Å². The van der Waals surface area contributed by atoms with Crippen LogP contribution in [0.1, 0.15) is 29.6 Å². The monoisotopic (exact) mass is 364 g/mol. The van der Waals surface area contributed by atoms with Crippen LogP contribution < -0.4 is 5.32 Å². The van der Waals surface area contributed by atoms with Crippen molar-refractivity contribution in [2.75, 3.05) is 20.1 Å². The predicted molar refractivity (Wildman–Crippen MR) is 84.0 cm³/mol. The van der Waals surface area contributed by atoms with E-state index in [0.717, 1.165) is 32.4 Å². The maximum absolute atomic E-state index is 13.8. The molecular formula is C14H19BrClFN2O. The van der Waals surface area contributed by atoms with E-state index in [2.05, 4.69) is 21.2 Å². The van der Waals surface area contributed by atoms with E-state index in [1.54, 1.807) is 18.0 Å². The summed E-state index contributed by atoms with van der Waals surface area (Å²) in [4.78, 5) is 14.0. The molecule has 3 nitrogen and oxygen atoms in total. The Bertz CT molecular complexity index is 464. The molecule has 0 radical (unpaired) electrons. The second-order valence-electron chi connectivity index (χ2n) is 4.87. The molecular weight excluding hydrogens is 347 g/mol. The first-order chi connectivity index (χ1) is 9.09. The Morgan fingerprint density at radius 2 is 2.15 bits per heavy atom. The molecule has 1 amide bonds. The minimum absolute atomic E-state index is 0. The van der Waals surface area contributed by atoms with Gasteiger partial charge in [-0.15, -0.1) is 12.4 Å². The Morgan fingerprint density at radius 1 is 1.40 bits per heavy atom. The summed E-state index contributed by atoms with van der Waals surface area (Å²) in [6, 6.07) is 4.74. The molecule has 1 atom stereocenters. The highest BCUT2D eigenvalue weighted by Gasteiger charge is 2.23. The predicted octanol–water partition coefficient (Wildman–Crippen LogP) is 3.22. The number of hydrogen-bond donors (Lipinski definition) is 1. The van der Waals surface area contributed by atoms with Crippen LogP contribution in [-0.4, -0.2) is 37.0 Å². The molecule has 6 heteroatoms. The van der Waals surface area contributed by atoms with Gasteiger partial charge >= 0.3 is 0 Å². The van der Waals surface area contributed by atoms with Crippen LogP contribution in [0, 0.1) is 5.82 Å². The van der Waals surface area contributed by atoms with E-state index in [1.165, 1.54) is 12.1 Å². The Labute approximate surface area is 133 Å². The fraction of sp³-hybridized carbons (Fsp3) is 0.500. The third kappa shape index (κ3) is 4.17. The maximum atomic E-state index is 13.8. The smallest absolute Gasteiger partial charge is 0.256 e. The van der Waals surface area contributed by atoms with E-state index in [9.17, 15) is 9.18 Å². The van der Waals surface area contributed by atoms with Crippen LogP contribution in [0.4, 0.5) is 4.39 Å². The number of hydrogen-bond acceptors (Lipinski definition) is 2. The van der Waals surface area contributed by atoms with Gasteiger partial charge in [0.1, 0.15) is 5.82 Å². The quantitative estimate of drug-likeness (QED) is 0.873. The van der Waals surface area contributed by atoms with E-state index in [0.29, 0.717) is 4.47 Å². The molecule has 1 saturated heterocycles. The van der Waals surface area contributed by atoms with Gasteiger partial charge in [-0.1, -0.05) is 15.9 Å². The van der Waals surface area contributed by atoms with E-state index in [-0.39, 0.29) is 29.9 Å². The average molecular weight is 366 g/mol. The van der Waals surface area contributed by atoms with Crippen molar-refractivity contribution in [3.8, 4) is 0 Å². The molecule has 0 aromatic heterocycles. The summed E-state index contributed by atoms with van der Waals surface area (Å²) in [6.07, 6.45) is 2.93. The number of nitrogens with one attached hydrogen (secondary N) is 1. The second kappa shape index (κ2) is 7.96. The van der Waals surface area contributed by atoms with Crippen LogP contribution in [0.3, 0.4) is 0 Å². The van der Waals surface area contributed by atoms with Crippen molar-refractivity contribution in [3.05, 3.63) is 34.1 Å². The number of halogens is 3. The second-order valence-corrected chi connectivity index (χ2v) is 5.79. The van der Waals surface area contributed by atoms with Crippen molar-refractivity contribution in [2.24, 2.45) is 0 Å². The molecule has 0 saturated carbocycles. The van der Waals surface area contributed by atoms with Gasteiger partial charge in [-0.2, -0.15) is 0 Å². The van der Waals surface area contributed by atoms with Gasteiger partial charge in [-0.3, -0.25) is 4.79 Å². The Morgan fingerprint density at radius 3 is 2.85 bits per heavy atom. The third-order valence-corrected chi connectivity index (χ3v) is 4.07. The van der Waals surface area contributed by atoms with Crippen molar-refractivity contribution in [1.29, 1.82) is 0 Å². The normalized spacial score (nSPS) is 18.9. The van der Waals surface area contributed by atoms with Gasteiger partial charge in [0.2, 0.25) is 0 Å². The van der Waals surface area contributed by atoms with Gasteiger partial charge in [0, 0.05) is 17.6 Å². The van der Waals surface area contributed by atoms with Crippen LogP contribution in [0.25, 0.3) is 0 Å². The van der Waals surface area contributed by atoms with Gasteiger partial charge in [-0.05, 0) is 50.6 Å². The summed E-state index contributed by atoms with van der Waals surface area (Å²) in [7, 11) is 1.76. The Hall–Kier alpha value is -0.650. The SMILES string of the molecule is CN(C(=O)c1ccc(Br)cc1F)C1CCCNCC1.Cl. The largest absolute Gasteiger partial charge is 0.339 e. The standard InChI is InChI=1S/C14H18BrFN2O.ClH/c1-18(11-3-2-7-17-8-6-11)14(19)12-5-4-10(15)9-13(12)16;/h4-5,9,11,17H,2-3,6-8H2,1H3;1H. The average Bonchev–Trinajstić information content (AvgIpc) is 2.66. The highest BCUT2D eigenvalue weighted by molar-refractivity contribution is 9.10. The van der Waals surface area contributed by atoms with Crippen LogP contribution in [0.15, 0.2) is 22.7 Å². The molecule has 1 aromatic rings. The molecule has 112 valence electrons. The fourth-order valence-electron chi connectivity index (χ4n) is 2.41. The van der Waals surface area contributed by atoms with E-state index >= 15 is 0 Å². The zero-order valence-corrected chi connectivity index (χ0v) is 13.8. The topological polar surface area (TPSA) is 32.3 Å². The van der Waals surface area contributed by atoms with Crippen molar-refractivity contribution >= 4 is 34.2 Å². The molecule has 20 heavy (non-hydrogen) atoms. The minimum Gasteiger partial charge on any atom is -0.339 e. The van der Waals surface area contributed by atoms with Crippen molar-refractivity contribution in [2.45, 2.75) is 25.3 Å². The summed E-state index contributed by atoms with van der Waals surface area (Å²) in [5.41, 5.74) is 0.142. The molecule has 1 aliphatic rings. The van der Waals surface area contributed by atoms with Gasteiger partial charge in [-0.25, -0.2) is 4.39 Å². The molecule has 1 unspecified atom stereocenters. The molecule has 0 spiro atoms. The minimum atomic E-state index is -0.474. The van der Waals surface area contributed by atoms with Crippen molar-refractivity contribution < 1.29 is 9.18 Å². The lowest BCUT2D eigenvalue weighted by atomic mass is 10.1. The lowest BCUT2D eigenvalue weighted by Crippen LogP contribution is -2.38. The summed E-state index contributed by atoms with van der Waals surface area (Å²) in [5, 5.41) is 3.31. The molecule has 0 bridgehead atoms. The molecule has 1 aromatic carbocycles. The van der Waals surface area contributed by atoms with Crippen molar-refractivity contribution in [3.63, 3.8) is 0 Å². The van der Waals surface area contributed by atoms with Crippen LogP contribution in [0.5, 0.6) is 0 Å². The summed E-state index contributed by atoms with van der Waals surface area (Å²) in [6.45, 7) is 1.90. The number of nitrogens with zero attached hydrogens (tertiary/aromatic N) is 1. The summed E-state index contributed by atoms with van der Waals surface area (Å²) >= 11 is 3.20. The molecule has 1 aliphatic heterocycles. The van der Waals surface area contributed by atoms with Gasteiger partial charge < -0.3 is 10.2 Å². The molecule has 1 heterocycles. The number of amides is 1. The zero-order valence-electron chi connectivity index (χ0n) is 11.4. The lowest BCUT2D eigenvalue weighted by Gasteiger charge is -2.27. The van der Waals surface area contributed by atoms with Crippen LogP contribution in [0.2, 0.25) is 0 Å². The highest BCUT2D eigenvalue weighted by Crippen LogP contribution is 2.19. The van der Waals surface area contributed by atoms with Gasteiger partial charge in [0.15, 0.2) is 0 Å². The zero-order chi connectivity index (χ0) is 13.8. The number of rotatable bonds is 2. The molecule has 0 aliphatic carbocycles. The molecule has 1 N–H and O–H groups in total. The fourth-order valence-corrected chi connectivity index (χ4v) is 2.74. The van der Waals surface area contributed by atoms with E-state index in [4.69, 9.17) is 0 Å². The number of carbonyl (C=O) groups excluding carboxylic acids is 1. The first-order valence-electron chi connectivity index (χ1n) is 6.52. The first-order valence-corrected chi connectivity index (χ1v) is 7.32. The molecule has 1 fully saturated rings. The van der Waals surface area contributed by atoms with Gasteiger partial charge in [0.05, 0.1) is 5.56 Å². The van der Waals surface area contributed by atoms with Crippen LogP contribution >= 0.6 is 28.3 Å². The lowest BCUT2D eigenvalue weighted by molar-refractivity contribution is 0.0715. The van der Waals surface area contributed by atoms with E-state index < -0.39 is 5.82 Å². The maximum Gasteiger partial charge on any atom is 0.256 e. The van der Waals surface area contributed by atoms with Crippen LogP contribution in [-0.2, 0) is 0 Å². The van der Waals surface area contributed by atoms with Crippen molar-refractivity contribution in [1.82, 2.24) is 10.2 Å². The number of carbonyl (C=O) groups is 1. The third-order valence-electron chi connectivity index (χ3n) is 3.57. The number of benzene rings is 1. The summed E-state index contributed by atoms with van der Waals surface area (Å²) < 4.78 is 14.5. The first kappa shape index (κ1) is 17.4. The Kier molecular flexibility index (Phi) is 6.92.